The molecule has 1 aliphatic carbocycles. The molecular weight excluding hydrogens is 134 g/mol. The fraction of sp³-hybridized carbons (Fsp3) is 0.200. The predicted molar refractivity (Wildman–Crippen MR) is 41.7 cm³/mol. The van der Waals surface area contributed by atoms with Gasteiger partial charge in [-0.1, -0.05) is 24.3 Å². The lowest BCUT2D eigenvalue weighted by Crippen LogP contribution is -1.87. The molecule has 1 aromatic rings. The van der Waals surface area contributed by atoms with Gasteiger partial charge in [-0.15, -0.1) is 0 Å². The van der Waals surface area contributed by atoms with Crippen LogP contribution in [0.15, 0.2) is 24.3 Å². The van der Waals surface area contributed by atoms with E-state index in [1.807, 2.05) is 18.2 Å². The summed E-state index contributed by atoms with van der Waals surface area (Å²) in [5.74, 6) is -0.0915. The molecule has 0 N–H and O–H groups in total. The summed E-state index contributed by atoms with van der Waals surface area (Å²) in [4.78, 5) is 0. The number of fused-ring (bicyclic) bond motifs is 1. The molecule has 1 aliphatic rings. The largest absolute Gasteiger partial charge is 0.198 e. The first-order chi connectivity index (χ1) is 5.42. The molecule has 0 saturated heterocycles. The number of hydrogen-bond donors (Lipinski definition) is 0. The number of nitrogens with zero attached hydrogens (tertiary/aromatic N) is 1. The first kappa shape index (κ1) is 6.42. The first-order valence-electron chi connectivity index (χ1n) is 3.62. The quantitative estimate of drug-likeness (QED) is 0.541. The van der Waals surface area contributed by atoms with Gasteiger partial charge in [0.25, 0.3) is 0 Å². The summed E-state index contributed by atoms with van der Waals surface area (Å²) in [5.41, 5.74) is 2.38. The van der Waals surface area contributed by atoms with Gasteiger partial charge in [0, 0.05) is 6.42 Å². The molecule has 11 heavy (non-hydrogen) atoms. The molecule has 0 spiro atoms. The average molecular weight is 141 g/mol. The van der Waals surface area contributed by atoms with Crippen molar-refractivity contribution in [3.63, 3.8) is 0 Å². The van der Waals surface area contributed by atoms with Crippen LogP contribution in [0.5, 0.6) is 0 Å². The zero-order chi connectivity index (χ0) is 7.68. The van der Waals surface area contributed by atoms with Crippen molar-refractivity contribution in [2.75, 3.05) is 0 Å². The summed E-state index contributed by atoms with van der Waals surface area (Å²) in [5, 5.41) is 8.70. The van der Waals surface area contributed by atoms with Crippen LogP contribution in [-0.2, 0) is 6.42 Å². The van der Waals surface area contributed by atoms with Crippen molar-refractivity contribution in [2.45, 2.75) is 12.3 Å². The Hall–Kier alpha value is -1.29. The molecule has 2 radical (unpaired) electrons. The maximum absolute atomic E-state index is 8.70. The lowest BCUT2D eigenvalue weighted by Gasteiger charge is -1.98. The van der Waals surface area contributed by atoms with Crippen LogP contribution in [0.4, 0.5) is 0 Å². The second kappa shape index (κ2) is 2.39. The SMILES string of the molecule is N#CC1[C]Cc2ccccc21. The van der Waals surface area contributed by atoms with Crippen LogP contribution in [0.3, 0.4) is 0 Å². The van der Waals surface area contributed by atoms with E-state index in [4.69, 9.17) is 5.26 Å². The molecule has 0 bridgehead atoms. The van der Waals surface area contributed by atoms with Gasteiger partial charge in [0.05, 0.1) is 12.0 Å². The lowest BCUT2D eigenvalue weighted by molar-refractivity contribution is 1.03. The Morgan fingerprint density at radius 1 is 1.45 bits per heavy atom. The minimum Gasteiger partial charge on any atom is -0.198 e. The number of hydrogen-bond acceptors (Lipinski definition) is 1. The Morgan fingerprint density at radius 2 is 2.27 bits per heavy atom. The third kappa shape index (κ3) is 0.914. The summed E-state index contributed by atoms with van der Waals surface area (Å²) >= 11 is 0. The molecule has 1 unspecified atom stereocenters. The van der Waals surface area contributed by atoms with E-state index in [0.717, 1.165) is 12.0 Å². The zero-order valence-corrected chi connectivity index (χ0v) is 6.04. The maximum Gasteiger partial charge on any atom is 0.0787 e. The Balaban J connectivity index is 2.49. The highest BCUT2D eigenvalue weighted by molar-refractivity contribution is 5.42. The number of nitriles is 1. The molecule has 0 fully saturated rings. The molecule has 1 atom stereocenters. The van der Waals surface area contributed by atoms with Crippen LogP contribution in [0, 0.1) is 17.8 Å². The zero-order valence-electron chi connectivity index (χ0n) is 6.04. The van der Waals surface area contributed by atoms with E-state index in [1.54, 1.807) is 0 Å². The third-order valence-corrected chi connectivity index (χ3v) is 1.99. The van der Waals surface area contributed by atoms with Crippen molar-refractivity contribution in [2.24, 2.45) is 0 Å². The minimum absolute atomic E-state index is 0.0915. The molecule has 0 aliphatic heterocycles. The second-order valence-corrected chi connectivity index (χ2v) is 2.64. The van der Waals surface area contributed by atoms with E-state index in [1.165, 1.54) is 5.56 Å². The Morgan fingerprint density at radius 3 is 3.09 bits per heavy atom. The summed E-state index contributed by atoms with van der Waals surface area (Å²) in [7, 11) is 0. The van der Waals surface area contributed by atoms with Crippen molar-refractivity contribution < 1.29 is 0 Å². The van der Waals surface area contributed by atoms with Crippen LogP contribution < -0.4 is 0 Å². The van der Waals surface area contributed by atoms with Gasteiger partial charge in [0.1, 0.15) is 0 Å². The van der Waals surface area contributed by atoms with Crippen LogP contribution in [0.1, 0.15) is 17.0 Å². The van der Waals surface area contributed by atoms with Gasteiger partial charge in [0.15, 0.2) is 0 Å². The smallest absolute Gasteiger partial charge is 0.0787 e. The number of rotatable bonds is 0. The Labute approximate surface area is 66.3 Å². The topological polar surface area (TPSA) is 23.8 Å². The fourth-order valence-corrected chi connectivity index (χ4v) is 1.41. The molecule has 1 nitrogen and oxygen atoms in total. The predicted octanol–water partition coefficient (Wildman–Crippen LogP) is 1.93. The van der Waals surface area contributed by atoms with Crippen LogP contribution in [0.2, 0.25) is 0 Å². The van der Waals surface area contributed by atoms with E-state index in [2.05, 4.69) is 18.6 Å². The van der Waals surface area contributed by atoms with Gasteiger partial charge < -0.3 is 0 Å². The third-order valence-electron chi connectivity index (χ3n) is 1.99. The summed E-state index contributed by atoms with van der Waals surface area (Å²) in [6.45, 7) is 0. The Kier molecular flexibility index (Phi) is 1.40. The maximum atomic E-state index is 8.70. The molecule has 52 valence electrons. The van der Waals surface area contributed by atoms with Gasteiger partial charge in [-0.05, 0) is 17.5 Å². The van der Waals surface area contributed by atoms with Crippen LogP contribution in [0.25, 0.3) is 0 Å². The second-order valence-electron chi connectivity index (χ2n) is 2.64. The lowest BCUT2D eigenvalue weighted by atomic mass is 10.0. The summed E-state index contributed by atoms with van der Waals surface area (Å²) < 4.78 is 0. The van der Waals surface area contributed by atoms with Crippen LogP contribution in [-0.4, -0.2) is 0 Å². The van der Waals surface area contributed by atoms with Gasteiger partial charge >= 0.3 is 0 Å². The normalized spacial score (nSPS) is 20.8. The monoisotopic (exact) mass is 141 g/mol. The van der Waals surface area contributed by atoms with Crippen molar-refractivity contribution >= 4 is 0 Å². The van der Waals surface area contributed by atoms with Gasteiger partial charge in [0.2, 0.25) is 0 Å². The van der Waals surface area contributed by atoms with E-state index >= 15 is 0 Å². The molecule has 1 heteroatoms. The number of benzene rings is 1. The molecule has 2 rings (SSSR count). The van der Waals surface area contributed by atoms with E-state index in [9.17, 15) is 0 Å². The first-order valence-corrected chi connectivity index (χ1v) is 3.62. The van der Waals surface area contributed by atoms with Gasteiger partial charge in [-0.3, -0.25) is 0 Å². The fourth-order valence-electron chi connectivity index (χ4n) is 1.41. The summed E-state index contributed by atoms with van der Waals surface area (Å²) in [6.07, 6.45) is 3.94. The highest BCUT2D eigenvalue weighted by atomic mass is 14.3. The highest BCUT2D eigenvalue weighted by Crippen LogP contribution is 2.30. The highest BCUT2D eigenvalue weighted by Gasteiger charge is 2.21. The molecule has 1 aromatic carbocycles. The molecular formula is C10H7N. The molecule has 0 amide bonds. The standard InChI is InChI=1S/C10H7N/c11-7-9-6-5-8-3-1-2-4-10(8)9/h1-4,9H,5H2. The van der Waals surface area contributed by atoms with E-state index in [0.29, 0.717) is 0 Å². The molecule has 0 saturated carbocycles. The molecule has 0 aromatic heterocycles. The average Bonchev–Trinajstić information content (AvgIpc) is 2.47. The van der Waals surface area contributed by atoms with Gasteiger partial charge in [-0.2, -0.15) is 5.26 Å². The van der Waals surface area contributed by atoms with Crippen molar-refractivity contribution in [3.05, 3.63) is 41.8 Å². The molecule has 0 heterocycles. The van der Waals surface area contributed by atoms with Crippen LogP contribution >= 0.6 is 0 Å². The summed E-state index contributed by atoms with van der Waals surface area (Å²) in [6, 6.07) is 10.2. The van der Waals surface area contributed by atoms with Crippen molar-refractivity contribution in [3.8, 4) is 6.07 Å². The van der Waals surface area contributed by atoms with E-state index in [-0.39, 0.29) is 5.92 Å². The van der Waals surface area contributed by atoms with Crippen molar-refractivity contribution in [1.82, 2.24) is 0 Å². The van der Waals surface area contributed by atoms with Gasteiger partial charge in [-0.25, -0.2) is 0 Å². The Bertz CT molecular complexity index is 309. The van der Waals surface area contributed by atoms with Crippen molar-refractivity contribution in [1.29, 1.82) is 5.26 Å². The van der Waals surface area contributed by atoms with E-state index < -0.39 is 0 Å². The minimum atomic E-state index is -0.0915.